The van der Waals surface area contributed by atoms with E-state index in [4.69, 9.17) is 0 Å². The fraction of sp³-hybridized carbons (Fsp3) is 0.0625. The Hall–Kier alpha value is -2.35. The number of hydrogen-bond acceptors (Lipinski definition) is 1. The van der Waals surface area contributed by atoms with Crippen molar-refractivity contribution in [1.29, 1.82) is 0 Å². The number of benzene rings is 2. The number of carbonyl (C=O) groups is 1. The lowest BCUT2D eigenvalue weighted by molar-refractivity contribution is -0.110. The Morgan fingerprint density at radius 3 is 2.39 bits per heavy atom. The number of amides is 1. The van der Waals surface area contributed by atoms with Crippen LogP contribution in [0.25, 0.3) is 11.1 Å². The number of nitrogens with one attached hydrogen (secondary N) is 1. The Morgan fingerprint density at radius 1 is 0.944 bits per heavy atom. The van der Waals surface area contributed by atoms with Crippen molar-refractivity contribution < 1.29 is 4.79 Å². The van der Waals surface area contributed by atoms with Crippen molar-refractivity contribution in [3.8, 4) is 0 Å². The normalized spacial score (nSPS) is 16.2. The summed E-state index contributed by atoms with van der Waals surface area (Å²) < 4.78 is 0. The van der Waals surface area contributed by atoms with Gasteiger partial charge in [-0.25, -0.2) is 0 Å². The van der Waals surface area contributed by atoms with Gasteiger partial charge in [-0.2, -0.15) is 0 Å². The molecule has 2 aromatic rings. The highest BCUT2D eigenvalue weighted by atomic mass is 16.2. The van der Waals surface area contributed by atoms with Crippen LogP contribution in [0.1, 0.15) is 18.1 Å². The maximum Gasteiger partial charge on any atom is 0.256 e. The Balaban J connectivity index is 2.20. The number of anilines is 1. The van der Waals surface area contributed by atoms with Crippen LogP contribution in [0.2, 0.25) is 0 Å². The number of carbonyl (C=O) groups excluding carboxylic acids is 1. The molecule has 0 fully saturated rings. The van der Waals surface area contributed by atoms with Crippen LogP contribution in [-0.4, -0.2) is 5.91 Å². The summed E-state index contributed by atoms with van der Waals surface area (Å²) in [5.74, 6) is -0.0162. The highest BCUT2D eigenvalue weighted by Gasteiger charge is 2.25. The van der Waals surface area contributed by atoms with E-state index in [2.05, 4.69) is 5.32 Å². The first-order chi connectivity index (χ1) is 8.77. The zero-order valence-corrected chi connectivity index (χ0v) is 10.1. The molecule has 0 spiro atoms. The largest absolute Gasteiger partial charge is 0.321 e. The first kappa shape index (κ1) is 10.8. The van der Waals surface area contributed by atoms with Crippen molar-refractivity contribution >= 4 is 22.7 Å². The van der Waals surface area contributed by atoms with Crippen LogP contribution >= 0.6 is 0 Å². The first-order valence-corrected chi connectivity index (χ1v) is 5.94. The number of allylic oxidation sites excluding steroid dienone is 1. The van der Waals surface area contributed by atoms with E-state index in [0.29, 0.717) is 0 Å². The molecule has 2 aromatic carbocycles. The summed E-state index contributed by atoms with van der Waals surface area (Å²) in [6.45, 7) is 1.99. The molecule has 0 bridgehead atoms. The molecule has 1 amide bonds. The van der Waals surface area contributed by atoms with Crippen molar-refractivity contribution in [1.82, 2.24) is 0 Å². The molecule has 0 radical (unpaired) electrons. The molecule has 0 aliphatic carbocycles. The second-order valence-corrected chi connectivity index (χ2v) is 4.37. The molecule has 18 heavy (non-hydrogen) atoms. The van der Waals surface area contributed by atoms with Gasteiger partial charge in [-0.3, -0.25) is 4.79 Å². The molecule has 0 atom stereocenters. The van der Waals surface area contributed by atoms with Crippen LogP contribution in [0.15, 0.2) is 54.6 Å². The summed E-state index contributed by atoms with van der Waals surface area (Å²) in [5.41, 5.74) is 4.76. The second kappa shape index (κ2) is 4.15. The average Bonchev–Trinajstić information content (AvgIpc) is 2.75. The Morgan fingerprint density at radius 2 is 1.61 bits per heavy atom. The summed E-state index contributed by atoms with van der Waals surface area (Å²) in [4.78, 5) is 12.1. The minimum Gasteiger partial charge on any atom is -0.321 e. The topological polar surface area (TPSA) is 29.1 Å². The Bertz CT molecular complexity index is 641. The van der Waals surface area contributed by atoms with Gasteiger partial charge in [-0.1, -0.05) is 48.5 Å². The molecule has 0 saturated carbocycles. The van der Waals surface area contributed by atoms with E-state index in [1.54, 1.807) is 0 Å². The van der Waals surface area contributed by atoms with Gasteiger partial charge < -0.3 is 5.32 Å². The number of fused-ring (bicyclic) bond motifs is 1. The first-order valence-electron chi connectivity index (χ1n) is 5.94. The minimum atomic E-state index is -0.0162. The summed E-state index contributed by atoms with van der Waals surface area (Å²) in [6, 6.07) is 17.8. The maximum atomic E-state index is 12.1. The van der Waals surface area contributed by atoms with Gasteiger partial charge in [-0.15, -0.1) is 0 Å². The molecule has 3 rings (SSSR count). The zero-order chi connectivity index (χ0) is 12.5. The highest BCUT2D eigenvalue weighted by Crippen LogP contribution is 2.36. The van der Waals surface area contributed by atoms with E-state index in [0.717, 1.165) is 28.0 Å². The quantitative estimate of drug-likeness (QED) is 0.752. The number of rotatable bonds is 1. The molecule has 0 aromatic heterocycles. The lowest BCUT2D eigenvalue weighted by Crippen LogP contribution is -2.05. The molecular formula is C16H13NO. The summed E-state index contributed by atoms with van der Waals surface area (Å²) in [6.07, 6.45) is 0. The number of hydrogen-bond donors (Lipinski definition) is 1. The molecule has 0 saturated heterocycles. The van der Waals surface area contributed by atoms with Gasteiger partial charge in [0.05, 0.1) is 5.57 Å². The van der Waals surface area contributed by atoms with Crippen LogP contribution in [-0.2, 0) is 4.79 Å². The molecule has 0 unspecified atom stereocenters. The molecule has 2 nitrogen and oxygen atoms in total. The molecule has 2 heteroatoms. The van der Waals surface area contributed by atoms with E-state index < -0.39 is 0 Å². The van der Waals surface area contributed by atoms with Crippen molar-refractivity contribution in [3.63, 3.8) is 0 Å². The Kier molecular flexibility index (Phi) is 2.49. The second-order valence-electron chi connectivity index (χ2n) is 4.37. The molecule has 1 aliphatic rings. The van der Waals surface area contributed by atoms with Crippen LogP contribution in [0, 0.1) is 0 Å². The summed E-state index contributed by atoms with van der Waals surface area (Å²) >= 11 is 0. The average molecular weight is 235 g/mol. The molecule has 1 heterocycles. The fourth-order valence-electron chi connectivity index (χ4n) is 2.32. The third kappa shape index (κ3) is 1.63. The Labute approximate surface area is 106 Å². The van der Waals surface area contributed by atoms with Gasteiger partial charge in [0, 0.05) is 11.3 Å². The molecule has 88 valence electrons. The van der Waals surface area contributed by atoms with Gasteiger partial charge in [0.25, 0.3) is 5.91 Å². The highest BCUT2D eigenvalue weighted by molar-refractivity contribution is 6.36. The van der Waals surface area contributed by atoms with Gasteiger partial charge in [0.2, 0.25) is 0 Å². The van der Waals surface area contributed by atoms with Crippen molar-refractivity contribution in [2.45, 2.75) is 6.92 Å². The summed E-state index contributed by atoms with van der Waals surface area (Å²) in [5, 5.41) is 2.90. The van der Waals surface area contributed by atoms with Crippen molar-refractivity contribution in [3.05, 3.63) is 65.7 Å². The van der Waals surface area contributed by atoms with Crippen molar-refractivity contribution in [2.24, 2.45) is 0 Å². The van der Waals surface area contributed by atoms with Gasteiger partial charge in [0.15, 0.2) is 0 Å². The molecule has 1 N–H and O–H groups in total. The predicted octanol–water partition coefficient (Wildman–Crippen LogP) is 3.57. The molecular weight excluding hydrogens is 222 g/mol. The monoisotopic (exact) mass is 235 g/mol. The van der Waals surface area contributed by atoms with E-state index in [-0.39, 0.29) is 5.91 Å². The fourth-order valence-corrected chi connectivity index (χ4v) is 2.32. The molecule has 1 aliphatic heterocycles. The zero-order valence-electron chi connectivity index (χ0n) is 10.1. The smallest absolute Gasteiger partial charge is 0.256 e. The van der Waals surface area contributed by atoms with Gasteiger partial charge in [-0.05, 0) is 24.1 Å². The third-order valence-electron chi connectivity index (χ3n) is 3.25. The number of para-hydroxylation sites is 1. The van der Waals surface area contributed by atoms with E-state index in [1.807, 2.05) is 61.5 Å². The third-order valence-corrected chi connectivity index (χ3v) is 3.25. The minimum absolute atomic E-state index is 0.0162. The van der Waals surface area contributed by atoms with Crippen LogP contribution < -0.4 is 5.32 Å². The maximum absolute atomic E-state index is 12.1. The van der Waals surface area contributed by atoms with Crippen molar-refractivity contribution in [2.75, 3.05) is 5.32 Å². The van der Waals surface area contributed by atoms with Crippen LogP contribution in [0.5, 0.6) is 0 Å². The lowest BCUT2D eigenvalue weighted by atomic mass is 9.97. The predicted molar refractivity (Wildman–Crippen MR) is 74.0 cm³/mol. The van der Waals surface area contributed by atoms with E-state index in [9.17, 15) is 4.79 Å². The van der Waals surface area contributed by atoms with Gasteiger partial charge in [0.1, 0.15) is 0 Å². The van der Waals surface area contributed by atoms with E-state index >= 15 is 0 Å². The van der Waals surface area contributed by atoms with Gasteiger partial charge >= 0.3 is 0 Å². The van der Waals surface area contributed by atoms with Crippen LogP contribution in [0.4, 0.5) is 5.69 Å². The summed E-state index contributed by atoms with van der Waals surface area (Å²) in [7, 11) is 0. The standard InChI is InChI=1S/C16H13NO/c1-11(12-7-3-2-4-8-12)15-13-9-5-6-10-14(13)17-16(15)18/h2-10H,1H3,(H,17,18)/b15-11+. The van der Waals surface area contributed by atoms with Crippen LogP contribution in [0.3, 0.4) is 0 Å². The van der Waals surface area contributed by atoms with E-state index in [1.165, 1.54) is 0 Å². The SMILES string of the molecule is C/C(=C1\C(=O)Nc2ccccc21)c1ccccc1. The lowest BCUT2D eigenvalue weighted by Gasteiger charge is -2.05.